The molecule has 0 heterocycles. The molecule has 0 saturated carbocycles. The molecular formula is C80H141N2O7P. The molecule has 0 aromatic carbocycles. The second-order valence-corrected chi connectivity index (χ2v) is 27.5. The summed E-state index contributed by atoms with van der Waals surface area (Å²) in [7, 11) is 1.17. The third kappa shape index (κ3) is 68.8. The number of nitrogens with zero attached hydrogens (tertiary/aromatic N) is 1. The molecule has 0 fully saturated rings. The lowest BCUT2D eigenvalue weighted by molar-refractivity contribution is -0.870. The second kappa shape index (κ2) is 68.3. The van der Waals surface area contributed by atoms with E-state index >= 15 is 0 Å². The van der Waals surface area contributed by atoms with Gasteiger partial charge in [0.05, 0.1) is 33.8 Å². The van der Waals surface area contributed by atoms with E-state index in [1.54, 1.807) is 0 Å². The predicted octanol–water partition coefficient (Wildman–Crippen LogP) is 23.5. The number of unbranched alkanes of at least 4 members (excludes halogenated alkanes) is 33. The first-order valence-corrected chi connectivity index (χ1v) is 38.8. The Morgan fingerprint density at radius 2 is 0.711 bits per heavy atom. The number of rotatable bonds is 67. The van der Waals surface area contributed by atoms with Crippen LogP contribution in [0.25, 0.3) is 0 Å². The minimum atomic E-state index is -4.72. The van der Waals surface area contributed by atoms with Crippen LogP contribution in [0.4, 0.5) is 0 Å². The van der Waals surface area contributed by atoms with Gasteiger partial charge in [0.15, 0.2) is 0 Å². The van der Waals surface area contributed by atoms with E-state index in [4.69, 9.17) is 13.8 Å². The van der Waals surface area contributed by atoms with Crippen molar-refractivity contribution >= 4 is 19.7 Å². The van der Waals surface area contributed by atoms with Crippen molar-refractivity contribution in [3.63, 3.8) is 0 Å². The van der Waals surface area contributed by atoms with Gasteiger partial charge in [0.25, 0.3) is 7.82 Å². The molecule has 0 aromatic heterocycles. The van der Waals surface area contributed by atoms with Crippen LogP contribution in [0.1, 0.15) is 323 Å². The van der Waals surface area contributed by atoms with Crippen molar-refractivity contribution in [1.29, 1.82) is 0 Å². The van der Waals surface area contributed by atoms with Crippen LogP contribution in [0.3, 0.4) is 0 Å². The van der Waals surface area contributed by atoms with E-state index in [0.29, 0.717) is 17.4 Å². The standard InChI is InChI=1S/C80H141N2O7P/c1-7-10-13-16-19-22-25-28-30-32-34-36-38-40-41-43-44-46-48-50-52-54-57-60-63-66-69-72-79(83)81-77(76-88-90(85,86)87-75-74-82(4,5)6)78(71-68-65-62-59-56-27-24-21-18-15-12-9-3)89-80(84)73-70-67-64-61-58-55-53-51-49-47-45-42-39-37-35-33-31-29-26-23-20-17-14-11-8-2/h10,13,19-20,22-23,28-31,34-37,40-42,45,68,71,77-78H,7-9,11-12,14-18,21,24-27,32-33,38-39,43-44,46-67,69-70,72-76H2,1-6H3,(H-,81,83,85,86)/b13-10-,22-19-,23-20-,30-28-,31-29-,36-34-,37-35-,41-40-,45-42-,71-68+. The predicted molar refractivity (Wildman–Crippen MR) is 390 cm³/mol. The zero-order valence-electron chi connectivity index (χ0n) is 59.3. The topological polar surface area (TPSA) is 114 Å². The van der Waals surface area contributed by atoms with Gasteiger partial charge in [-0.25, -0.2) is 0 Å². The van der Waals surface area contributed by atoms with Crippen molar-refractivity contribution in [2.24, 2.45) is 0 Å². The summed E-state index contributed by atoms with van der Waals surface area (Å²) in [5.41, 5.74) is 0. The minimum Gasteiger partial charge on any atom is -0.756 e. The van der Waals surface area contributed by atoms with Crippen molar-refractivity contribution in [3.8, 4) is 0 Å². The van der Waals surface area contributed by atoms with Crippen LogP contribution in [-0.2, 0) is 27.9 Å². The summed E-state index contributed by atoms with van der Waals surface area (Å²) in [6.07, 6.45) is 96.1. The monoisotopic (exact) mass is 1270 g/mol. The molecule has 0 spiro atoms. The third-order valence-electron chi connectivity index (χ3n) is 16.1. The summed E-state index contributed by atoms with van der Waals surface area (Å²) >= 11 is 0. The number of carbonyl (C=O) groups is 2. The molecule has 0 aliphatic carbocycles. The number of likely N-dealkylation sites (N-methyl/N-ethyl adjacent to an activating group) is 1. The molecule has 1 amide bonds. The number of phosphoric ester groups is 1. The Balaban J connectivity index is 5.04. The number of hydrogen-bond donors (Lipinski definition) is 1. The molecule has 0 aliphatic rings. The highest BCUT2D eigenvalue weighted by Gasteiger charge is 2.27. The maximum atomic E-state index is 13.6. The Kier molecular flexibility index (Phi) is 65.6. The van der Waals surface area contributed by atoms with E-state index < -0.39 is 26.6 Å². The maximum absolute atomic E-state index is 13.6. The van der Waals surface area contributed by atoms with Crippen LogP contribution in [-0.4, -0.2) is 69.4 Å². The number of amides is 1. The third-order valence-corrected chi connectivity index (χ3v) is 17.1. The fourth-order valence-corrected chi connectivity index (χ4v) is 11.1. The van der Waals surface area contributed by atoms with Gasteiger partial charge in [-0.05, 0) is 122 Å². The van der Waals surface area contributed by atoms with Crippen molar-refractivity contribution in [1.82, 2.24) is 5.32 Å². The Labute approximate surface area is 556 Å². The second-order valence-electron chi connectivity index (χ2n) is 26.1. The molecule has 0 rings (SSSR count). The lowest BCUT2D eigenvalue weighted by Crippen LogP contribution is -2.47. The summed E-state index contributed by atoms with van der Waals surface area (Å²) in [5, 5.41) is 3.04. The van der Waals surface area contributed by atoms with E-state index in [9.17, 15) is 19.0 Å². The number of esters is 1. The molecule has 0 aromatic rings. The molecule has 0 saturated heterocycles. The van der Waals surface area contributed by atoms with Gasteiger partial charge in [0.2, 0.25) is 5.91 Å². The van der Waals surface area contributed by atoms with Gasteiger partial charge >= 0.3 is 5.97 Å². The fraction of sp³-hybridized carbons (Fsp3) is 0.725. The SMILES string of the molecule is CC/C=C\C/C=C\C/C=C\C/C=C\C/C=C\CCCCCCCCCCCCCC(=O)NC(COP(=O)([O-])OCC[N+](C)(C)C)C(/C=C/CCCCCCCCCCCC)OC(=O)CCCCCCCCCCC/C=C\C/C=C\C/C=C\C/C=C\CCCCC. The zero-order chi connectivity index (χ0) is 65.6. The van der Waals surface area contributed by atoms with Gasteiger partial charge < -0.3 is 28.5 Å². The van der Waals surface area contributed by atoms with Crippen LogP contribution in [0.2, 0.25) is 0 Å². The highest BCUT2D eigenvalue weighted by atomic mass is 31.2. The Morgan fingerprint density at radius 3 is 1.09 bits per heavy atom. The molecule has 10 heteroatoms. The summed E-state index contributed by atoms with van der Waals surface area (Å²) in [6.45, 7) is 6.71. The molecule has 3 atom stereocenters. The van der Waals surface area contributed by atoms with Gasteiger partial charge in [-0.1, -0.05) is 310 Å². The van der Waals surface area contributed by atoms with Gasteiger partial charge in [0, 0.05) is 12.8 Å². The Morgan fingerprint density at radius 1 is 0.400 bits per heavy atom. The highest BCUT2D eigenvalue weighted by Crippen LogP contribution is 2.38. The van der Waals surface area contributed by atoms with E-state index in [1.807, 2.05) is 33.3 Å². The van der Waals surface area contributed by atoms with Crippen molar-refractivity contribution in [3.05, 3.63) is 122 Å². The molecule has 3 unspecified atom stereocenters. The largest absolute Gasteiger partial charge is 0.756 e. The first kappa shape index (κ1) is 86.4. The number of ether oxygens (including phenoxy) is 1. The van der Waals surface area contributed by atoms with Gasteiger partial charge in [0.1, 0.15) is 19.3 Å². The lowest BCUT2D eigenvalue weighted by atomic mass is 10.0. The van der Waals surface area contributed by atoms with E-state index in [-0.39, 0.29) is 24.9 Å². The van der Waals surface area contributed by atoms with Crippen LogP contribution < -0.4 is 10.2 Å². The normalized spacial score (nSPS) is 14.2. The minimum absolute atomic E-state index is 0.0290. The quantitative estimate of drug-likeness (QED) is 0.0212. The van der Waals surface area contributed by atoms with Crippen LogP contribution in [0.5, 0.6) is 0 Å². The van der Waals surface area contributed by atoms with Gasteiger partial charge in [-0.15, -0.1) is 0 Å². The molecule has 0 aliphatic heterocycles. The maximum Gasteiger partial charge on any atom is 0.306 e. The number of carbonyl (C=O) groups excluding carboxylic acids is 2. The number of quaternary nitrogens is 1. The van der Waals surface area contributed by atoms with Gasteiger partial charge in [-0.3, -0.25) is 14.2 Å². The molecule has 1 N–H and O–H groups in total. The highest BCUT2D eigenvalue weighted by molar-refractivity contribution is 7.45. The van der Waals surface area contributed by atoms with Crippen LogP contribution in [0, 0.1) is 0 Å². The number of allylic oxidation sites excluding steroid dienone is 19. The molecular weight excluding hydrogens is 1130 g/mol. The van der Waals surface area contributed by atoms with E-state index in [2.05, 4.69) is 135 Å². The average molecular weight is 1270 g/mol. The van der Waals surface area contributed by atoms with E-state index in [1.165, 1.54) is 154 Å². The van der Waals surface area contributed by atoms with Crippen molar-refractivity contribution in [2.75, 3.05) is 40.9 Å². The number of nitrogens with one attached hydrogen (secondary N) is 1. The Bertz CT molecular complexity index is 1960. The smallest absolute Gasteiger partial charge is 0.306 e. The first-order chi connectivity index (χ1) is 43.9. The lowest BCUT2D eigenvalue weighted by Gasteiger charge is -2.30. The number of hydrogen-bond acceptors (Lipinski definition) is 7. The zero-order valence-corrected chi connectivity index (χ0v) is 60.2. The molecule has 0 radical (unpaired) electrons. The van der Waals surface area contributed by atoms with E-state index in [0.717, 1.165) is 135 Å². The average Bonchev–Trinajstić information content (AvgIpc) is 3.04. The fourth-order valence-electron chi connectivity index (χ4n) is 10.4. The molecule has 0 bridgehead atoms. The molecule has 518 valence electrons. The summed E-state index contributed by atoms with van der Waals surface area (Å²) in [6, 6.07) is -0.902. The van der Waals surface area contributed by atoms with Crippen LogP contribution >= 0.6 is 7.82 Å². The van der Waals surface area contributed by atoms with Crippen molar-refractivity contribution < 1.29 is 37.3 Å². The Hall–Kier alpha value is -3.59. The molecule has 9 nitrogen and oxygen atoms in total. The first-order valence-electron chi connectivity index (χ1n) is 37.3. The summed E-state index contributed by atoms with van der Waals surface area (Å²) in [5.74, 6) is -0.550. The molecule has 90 heavy (non-hydrogen) atoms. The van der Waals surface area contributed by atoms with Crippen molar-refractivity contribution in [2.45, 2.75) is 335 Å². The number of phosphoric acid groups is 1. The summed E-state index contributed by atoms with van der Waals surface area (Å²) in [4.78, 5) is 40.3. The van der Waals surface area contributed by atoms with Crippen LogP contribution in [0.15, 0.2) is 122 Å². The summed E-state index contributed by atoms with van der Waals surface area (Å²) < 4.78 is 30.5. The van der Waals surface area contributed by atoms with Gasteiger partial charge in [-0.2, -0.15) is 0 Å².